The molecule has 0 fully saturated rings. The van der Waals surface area contributed by atoms with Gasteiger partial charge >= 0.3 is 0 Å². The monoisotopic (exact) mass is 312 g/mol. The first-order chi connectivity index (χ1) is 11.7. The minimum Gasteiger partial charge on any atom is -0.367 e. The average Bonchev–Trinajstić information content (AvgIpc) is 2.62. The zero-order valence-corrected chi connectivity index (χ0v) is 14.1. The van der Waals surface area contributed by atoms with Crippen LogP contribution in [0.3, 0.4) is 0 Å². The summed E-state index contributed by atoms with van der Waals surface area (Å²) in [5.41, 5.74) is 9.32. The number of hydrogen-bond acceptors (Lipinski definition) is 1. The molecular weight excluding hydrogens is 290 g/mol. The first kappa shape index (κ1) is 15.0. The third kappa shape index (κ3) is 2.71. The summed E-state index contributed by atoms with van der Waals surface area (Å²) in [7, 11) is 0. The first-order valence-electron chi connectivity index (χ1n) is 8.56. The van der Waals surface area contributed by atoms with Crippen molar-refractivity contribution in [2.45, 2.75) is 19.9 Å². The van der Waals surface area contributed by atoms with Crippen LogP contribution in [0, 0.1) is 13.8 Å². The van der Waals surface area contributed by atoms with E-state index < -0.39 is 0 Å². The number of hydrogen-bond donors (Lipinski definition) is 0. The fourth-order valence-electron chi connectivity index (χ4n) is 3.71. The van der Waals surface area contributed by atoms with Crippen LogP contribution in [-0.2, 0) is 13.0 Å². The molecule has 0 saturated carbocycles. The zero-order chi connectivity index (χ0) is 16.5. The summed E-state index contributed by atoms with van der Waals surface area (Å²) in [6.45, 7) is 8.34. The summed E-state index contributed by atoms with van der Waals surface area (Å²) in [5.74, 6) is 0. The van der Waals surface area contributed by atoms with Crippen LogP contribution in [0.15, 0.2) is 66.7 Å². The molecular formula is C23H22N. The molecule has 0 bridgehead atoms. The van der Waals surface area contributed by atoms with E-state index in [1.54, 1.807) is 0 Å². The summed E-state index contributed by atoms with van der Waals surface area (Å²) in [5, 5.41) is 0. The van der Waals surface area contributed by atoms with Gasteiger partial charge in [-0.3, -0.25) is 0 Å². The second-order valence-electron chi connectivity index (χ2n) is 6.59. The third-order valence-electron chi connectivity index (χ3n) is 5.01. The van der Waals surface area contributed by atoms with Crippen LogP contribution in [-0.4, -0.2) is 6.54 Å². The van der Waals surface area contributed by atoms with E-state index in [1.807, 2.05) is 0 Å². The predicted molar refractivity (Wildman–Crippen MR) is 102 cm³/mol. The van der Waals surface area contributed by atoms with Gasteiger partial charge in [0.2, 0.25) is 0 Å². The third-order valence-corrected chi connectivity index (χ3v) is 5.01. The van der Waals surface area contributed by atoms with Gasteiger partial charge in [0.05, 0.1) is 0 Å². The van der Waals surface area contributed by atoms with Gasteiger partial charge in [-0.05, 0) is 59.7 Å². The summed E-state index contributed by atoms with van der Waals surface area (Å²) < 4.78 is 0. The number of rotatable bonds is 2. The van der Waals surface area contributed by atoms with Crippen molar-refractivity contribution in [2.24, 2.45) is 0 Å². The average molecular weight is 312 g/mol. The Bertz CT molecular complexity index is 864. The summed E-state index contributed by atoms with van der Waals surface area (Å²) >= 11 is 0. The van der Waals surface area contributed by atoms with Gasteiger partial charge in [-0.15, -0.1) is 0 Å². The highest BCUT2D eigenvalue weighted by atomic mass is 15.1. The molecule has 0 saturated heterocycles. The van der Waals surface area contributed by atoms with Crippen LogP contribution in [0.2, 0.25) is 0 Å². The Morgan fingerprint density at radius 3 is 2.54 bits per heavy atom. The van der Waals surface area contributed by atoms with Gasteiger partial charge in [-0.1, -0.05) is 60.7 Å². The van der Waals surface area contributed by atoms with E-state index in [4.69, 9.17) is 0 Å². The molecule has 1 nitrogen and oxygen atoms in total. The molecule has 0 aromatic heterocycles. The Morgan fingerprint density at radius 2 is 1.71 bits per heavy atom. The minimum absolute atomic E-state index is 0.981. The molecule has 1 radical (unpaired) electrons. The quantitative estimate of drug-likeness (QED) is 0.612. The van der Waals surface area contributed by atoms with Crippen molar-refractivity contribution in [1.29, 1.82) is 0 Å². The lowest BCUT2D eigenvalue weighted by molar-refractivity contribution is 0.729. The van der Waals surface area contributed by atoms with Gasteiger partial charge in [0.25, 0.3) is 0 Å². The molecule has 24 heavy (non-hydrogen) atoms. The molecule has 119 valence electrons. The fraction of sp³-hybridized carbons (Fsp3) is 0.174. The van der Waals surface area contributed by atoms with Crippen molar-refractivity contribution in [3.63, 3.8) is 0 Å². The van der Waals surface area contributed by atoms with Gasteiger partial charge in [0.15, 0.2) is 0 Å². The van der Waals surface area contributed by atoms with Crippen molar-refractivity contribution in [3.8, 4) is 11.1 Å². The van der Waals surface area contributed by atoms with E-state index in [9.17, 15) is 0 Å². The highest BCUT2D eigenvalue weighted by Gasteiger charge is 2.19. The maximum atomic E-state index is 4.05. The molecule has 1 heteroatoms. The second kappa shape index (κ2) is 6.16. The second-order valence-corrected chi connectivity index (χ2v) is 6.59. The van der Waals surface area contributed by atoms with Crippen molar-refractivity contribution in [1.82, 2.24) is 0 Å². The molecule has 3 aromatic carbocycles. The number of benzene rings is 3. The van der Waals surface area contributed by atoms with E-state index in [-0.39, 0.29) is 0 Å². The van der Waals surface area contributed by atoms with Gasteiger partial charge < -0.3 is 4.90 Å². The van der Waals surface area contributed by atoms with Crippen LogP contribution < -0.4 is 4.90 Å². The molecule has 0 atom stereocenters. The SMILES string of the molecule is [CH2]c1ccc2c(c1)CCN(c1cccc(-c3ccccc3)c1C)C2. The lowest BCUT2D eigenvalue weighted by Gasteiger charge is -2.32. The van der Waals surface area contributed by atoms with Gasteiger partial charge in [-0.2, -0.15) is 0 Å². The minimum atomic E-state index is 0.981. The standard InChI is InChI=1S/C23H22N/c1-17-11-12-21-16-24(14-13-20(21)15-17)23-10-6-9-22(18(23)2)19-7-4-3-5-8-19/h3-12,15H,1,13-14,16H2,2H3. The van der Waals surface area contributed by atoms with Gasteiger partial charge in [0, 0.05) is 18.8 Å². The molecule has 0 N–H and O–H groups in total. The molecule has 1 heterocycles. The predicted octanol–water partition coefficient (Wildman–Crippen LogP) is 5.41. The Balaban J connectivity index is 1.69. The van der Waals surface area contributed by atoms with Crippen molar-refractivity contribution in [2.75, 3.05) is 11.4 Å². The van der Waals surface area contributed by atoms with Crippen molar-refractivity contribution in [3.05, 3.63) is 95.9 Å². The lowest BCUT2D eigenvalue weighted by atomic mass is 9.95. The maximum Gasteiger partial charge on any atom is 0.0432 e. The molecule has 0 aliphatic carbocycles. The van der Waals surface area contributed by atoms with Gasteiger partial charge in [-0.25, -0.2) is 0 Å². The van der Waals surface area contributed by atoms with Crippen LogP contribution in [0.1, 0.15) is 22.3 Å². The van der Waals surface area contributed by atoms with Crippen LogP contribution in [0.5, 0.6) is 0 Å². The number of nitrogens with zero attached hydrogens (tertiary/aromatic N) is 1. The highest BCUT2D eigenvalue weighted by molar-refractivity contribution is 5.74. The maximum absolute atomic E-state index is 4.05. The normalized spacial score (nSPS) is 13.7. The molecule has 0 unspecified atom stereocenters. The molecule has 1 aliphatic rings. The van der Waals surface area contributed by atoms with E-state index in [1.165, 1.54) is 33.5 Å². The van der Waals surface area contributed by atoms with Crippen LogP contribution >= 0.6 is 0 Å². The highest BCUT2D eigenvalue weighted by Crippen LogP contribution is 2.33. The topological polar surface area (TPSA) is 3.24 Å². The smallest absolute Gasteiger partial charge is 0.0432 e. The Kier molecular flexibility index (Phi) is 3.86. The van der Waals surface area contributed by atoms with Crippen LogP contribution in [0.25, 0.3) is 11.1 Å². The zero-order valence-electron chi connectivity index (χ0n) is 14.1. The molecule has 0 spiro atoms. The summed E-state index contributed by atoms with van der Waals surface area (Å²) in [6, 6.07) is 23.9. The number of fused-ring (bicyclic) bond motifs is 1. The van der Waals surface area contributed by atoms with Crippen LogP contribution in [0.4, 0.5) is 5.69 Å². The largest absolute Gasteiger partial charge is 0.367 e. The fourth-order valence-corrected chi connectivity index (χ4v) is 3.71. The molecule has 4 rings (SSSR count). The van der Waals surface area contributed by atoms with E-state index in [2.05, 4.69) is 85.5 Å². The molecule has 1 aliphatic heterocycles. The van der Waals surface area contributed by atoms with E-state index in [0.29, 0.717) is 0 Å². The Labute approximate surface area is 144 Å². The van der Waals surface area contributed by atoms with Crippen molar-refractivity contribution >= 4 is 5.69 Å². The summed E-state index contributed by atoms with van der Waals surface area (Å²) in [4.78, 5) is 2.51. The summed E-state index contributed by atoms with van der Waals surface area (Å²) in [6.07, 6.45) is 1.09. The van der Waals surface area contributed by atoms with Gasteiger partial charge in [0.1, 0.15) is 0 Å². The Morgan fingerprint density at radius 1 is 0.875 bits per heavy atom. The Hall–Kier alpha value is -2.54. The van der Waals surface area contributed by atoms with Crippen molar-refractivity contribution < 1.29 is 0 Å². The lowest BCUT2D eigenvalue weighted by Crippen LogP contribution is -2.31. The number of anilines is 1. The molecule has 3 aromatic rings. The molecule has 0 amide bonds. The van der Waals surface area contributed by atoms with E-state index in [0.717, 1.165) is 25.1 Å². The first-order valence-corrected chi connectivity index (χ1v) is 8.56. The van der Waals surface area contributed by atoms with E-state index >= 15 is 0 Å².